The predicted octanol–water partition coefficient (Wildman–Crippen LogP) is 3.44. The third kappa shape index (κ3) is 3.45. The van der Waals surface area contributed by atoms with E-state index in [-0.39, 0.29) is 18.0 Å². The summed E-state index contributed by atoms with van der Waals surface area (Å²) in [6, 6.07) is 4.35. The van der Waals surface area contributed by atoms with Crippen LogP contribution >= 0.6 is 0 Å². The standard InChI is InChI=1S/C15H21F3N2/c1-10-5-6-20(9-10)13-4-3-12(7-11(2)19)14(8-13)15(16,17)18/h3-4,8,10-11H,5-7,9,19H2,1-2H3. The molecule has 2 atom stereocenters. The summed E-state index contributed by atoms with van der Waals surface area (Å²) in [5.41, 5.74) is 6.03. The van der Waals surface area contributed by atoms with Crippen LogP contribution in [-0.2, 0) is 12.6 Å². The number of hydrogen-bond donors (Lipinski definition) is 1. The Morgan fingerprint density at radius 2 is 2.10 bits per heavy atom. The van der Waals surface area contributed by atoms with Crippen molar-refractivity contribution in [3.8, 4) is 0 Å². The van der Waals surface area contributed by atoms with Crippen molar-refractivity contribution in [1.29, 1.82) is 0 Å². The maximum absolute atomic E-state index is 13.2. The van der Waals surface area contributed by atoms with Crippen molar-refractivity contribution in [2.24, 2.45) is 11.7 Å². The molecule has 1 fully saturated rings. The Balaban J connectivity index is 2.33. The van der Waals surface area contributed by atoms with Crippen LogP contribution in [0.1, 0.15) is 31.4 Å². The summed E-state index contributed by atoms with van der Waals surface area (Å²) in [7, 11) is 0. The van der Waals surface area contributed by atoms with E-state index >= 15 is 0 Å². The minimum absolute atomic E-state index is 0.242. The summed E-state index contributed by atoms with van der Waals surface area (Å²) in [6.45, 7) is 5.49. The van der Waals surface area contributed by atoms with E-state index in [2.05, 4.69) is 6.92 Å². The Kier molecular flexibility index (Phi) is 4.28. The zero-order valence-electron chi connectivity index (χ0n) is 11.9. The first kappa shape index (κ1) is 15.2. The van der Waals surface area contributed by atoms with Gasteiger partial charge in [-0.05, 0) is 43.4 Å². The van der Waals surface area contributed by atoms with E-state index in [1.807, 2.05) is 4.90 Å². The number of benzene rings is 1. The smallest absolute Gasteiger partial charge is 0.371 e. The van der Waals surface area contributed by atoms with Gasteiger partial charge in [-0.15, -0.1) is 0 Å². The van der Waals surface area contributed by atoms with Crippen LogP contribution in [0.2, 0.25) is 0 Å². The van der Waals surface area contributed by atoms with Crippen molar-refractivity contribution >= 4 is 5.69 Å². The van der Waals surface area contributed by atoms with Gasteiger partial charge in [0.25, 0.3) is 0 Å². The average Bonchev–Trinajstić information content (AvgIpc) is 2.74. The zero-order valence-corrected chi connectivity index (χ0v) is 11.9. The van der Waals surface area contributed by atoms with Crippen LogP contribution < -0.4 is 10.6 Å². The molecule has 2 rings (SSSR count). The van der Waals surface area contributed by atoms with Crippen LogP contribution in [0.5, 0.6) is 0 Å². The number of halogens is 3. The Morgan fingerprint density at radius 3 is 2.60 bits per heavy atom. The summed E-state index contributed by atoms with van der Waals surface area (Å²) < 4.78 is 39.5. The zero-order chi connectivity index (χ0) is 14.9. The Morgan fingerprint density at radius 1 is 1.40 bits per heavy atom. The van der Waals surface area contributed by atoms with Crippen LogP contribution in [-0.4, -0.2) is 19.1 Å². The number of nitrogens with two attached hydrogens (primary N) is 1. The van der Waals surface area contributed by atoms with Gasteiger partial charge in [-0.3, -0.25) is 0 Å². The van der Waals surface area contributed by atoms with Gasteiger partial charge in [0.05, 0.1) is 5.56 Å². The molecular weight excluding hydrogens is 265 g/mol. The van der Waals surface area contributed by atoms with Crippen molar-refractivity contribution in [1.82, 2.24) is 0 Å². The van der Waals surface area contributed by atoms with Gasteiger partial charge >= 0.3 is 6.18 Å². The molecule has 1 heterocycles. The van der Waals surface area contributed by atoms with Gasteiger partial charge in [-0.25, -0.2) is 0 Å². The van der Waals surface area contributed by atoms with Crippen molar-refractivity contribution in [3.63, 3.8) is 0 Å². The number of hydrogen-bond acceptors (Lipinski definition) is 2. The molecule has 2 N–H and O–H groups in total. The minimum atomic E-state index is -4.33. The number of rotatable bonds is 3. The Bertz CT molecular complexity index is 469. The highest BCUT2D eigenvalue weighted by Gasteiger charge is 2.34. The van der Waals surface area contributed by atoms with Crippen LogP contribution in [0.25, 0.3) is 0 Å². The van der Waals surface area contributed by atoms with E-state index in [4.69, 9.17) is 5.73 Å². The van der Waals surface area contributed by atoms with E-state index in [1.165, 1.54) is 6.07 Å². The van der Waals surface area contributed by atoms with Crippen molar-refractivity contribution < 1.29 is 13.2 Å². The predicted molar refractivity (Wildman–Crippen MR) is 74.8 cm³/mol. The molecule has 0 aliphatic carbocycles. The quantitative estimate of drug-likeness (QED) is 0.922. The van der Waals surface area contributed by atoms with Crippen molar-refractivity contribution in [2.45, 2.75) is 38.9 Å². The molecule has 1 saturated heterocycles. The number of alkyl halides is 3. The van der Waals surface area contributed by atoms with Crippen LogP contribution in [0, 0.1) is 5.92 Å². The van der Waals surface area contributed by atoms with Crippen molar-refractivity contribution in [2.75, 3.05) is 18.0 Å². The molecule has 0 aromatic heterocycles. The summed E-state index contributed by atoms with van der Waals surface area (Å²) in [4.78, 5) is 2.02. The van der Waals surface area contributed by atoms with Crippen molar-refractivity contribution in [3.05, 3.63) is 29.3 Å². The van der Waals surface area contributed by atoms with Gasteiger partial charge in [-0.2, -0.15) is 13.2 Å². The normalized spacial score (nSPS) is 21.3. The molecule has 0 saturated carbocycles. The molecule has 5 heteroatoms. The lowest BCUT2D eigenvalue weighted by Gasteiger charge is -2.22. The molecule has 2 unspecified atom stereocenters. The second kappa shape index (κ2) is 5.64. The summed E-state index contributed by atoms with van der Waals surface area (Å²) in [6.07, 6.45) is -3.06. The summed E-state index contributed by atoms with van der Waals surface area (Å²) >= 11 is 0. The maximum atomic E-state index is 13.2. The molecule has 1 aromatic rings. The number of nitrogens with zero attached hydrogens (tertiary/aromatic N) is 1. The second-order valence-electron chi connectivity index (χ2n) is 5.86. The van der Waals surface area contributed by atoms with E-state index in [0.717, 1.165) is 19.5 Å². The Hall–Kier alpha value is -1.23. The molecule has 112 valence electrons. The largest absolute Gasteiger partial charge is 0.416 e. The van der Waals surface area contributed by atoms with E-state index in [9.17, 15) is 13.2 Å². The highest BCUT2D eigenvalue weighted by molar-refractivity contribution is 5.52. The minimum Gasteiger partial charge on any atom is -0.371 e. The highest BCUT2D eigenvalue weighted by atomic mass is 19.4. The lowest BCUT2D eigenvalue weighted by molar-refractivity contribution is -0.138. The van der Waals surface area contributed by atoms with Gasteiger partial charge in [-0.1, -0.05) is 13.0 Å². The molecule has 0 amide bonds. The summed E-state index contributed by atoms with van der Waals surface area (Å²) in [5.74, 6) is 0.535. The van der Waals surface area contributed by atoms with Gasteiger partial charge in [0, 0.05) is 24.8 Å². The topological polar surface area (TPSA) is 29.3 Å². The molecule has 0 bridgehead atoms. The molecule has 1 aromatic carbocycles. The molecule has 1 aliphatic heterocycles. The third-order valence-electron chi connectivity index (χ3n) is 3.73. The SMILES string of the molecule is CC(N)Cc1ccc(N2CCC(C)C2)cc1C(F)(F)F. The van der Waals surface area contributed by atoms with Gasteiger partial charge in [0.15, 0.2) is 0 Å². The second-order valence-corrected chi connectivity index (χ2v) is 5.86. The van der Waals surface area contributed by atoms with Gasteiger partial charge < -0.3 is 10.6 Å². The lowest BCUT2D eigenvalue weighted by atomic mass is 10.00. The number of anilines is 1. The van der Waals surface area contributed by atoms with Crippen LogP contribution in [0.15, 0.2) is 18.2 Å². The van der Waals surface area contributed by atoms with E-state index in [1.54, 1.807) is 19.1 Å². The first-order valence-electron chi connectivity index (χ1n) is 6.98. The van der Waals surface area contributed by atoms with E-state index in [0.29, 0.717) is 11.6 Å². The Labute approximate surface area is 117 Å². The fourth-order valence-electron chi connectivity index (χ4n) is 2.72. The highest BCUT2D eigenvalue weighted by Crippen LogP contribution is 2.36. The first-order valence-corrected chi connectivity index (χ1v) is 6.98. The third-order valence-corrected chi connectivity index (χ3v) is 3.73. The van der Waals surface area contributed by atoms with Gasteiger partial charge in [0.2, 0.25) is 0 Å². The average molecular weight is 286 g/mol. The fraction of sp³-hybridized carbons (Fsp3) is 0.600. The molecule has 0 spiro atoms. The monoisotopic (exact) mass is 286 g/mol. The fourth-order valence-corrected chi connectivity index (χ4v) is 2.72. The van der Waals surface area contributed by atoms with Crippen LogP contribution in [0.4, 0.5) is 18.9 Å². The molecular formula is C15H21F3N2. The molecule has 20 heavy (non-hydrogen) atoms. The van der Waals surface area contributed by atoms with Crippen LogP contribution in [0.3, 0.4) is 0 Å². The first-order chi connectivity index (χ1) is 9.27. The molecule has 1 aliphatic rings. The maximum Gasteiger partial charge on any atom is 0.416 e. The molecule has 0 radical (unpaired) electrons. The molecule has 2 nitrogen and oxygen atoms in total. The van der Waals surface area contributed by atoms with Gasteiger partial charge in [0.1, 0.15) is 0 Å². The van der Waals surface area contributed by atoms with E-state index < -0.39 is 11.7 Å². The summed E-state index contributed by atoms with van der Waals surface area (Å²) in [5, 5.41) is 0. The lowest BCUT2D eigenvalue weighted by Crippen LogP contribution is -2.23.